The summed E-state index contributed by atoms with van der Waals surface area (Å²) in [7, 11) is 1.56. The first-order chi connectivity index (χ1) is 8.49. The third-order valence-electron chi connectivity index (χ3n) is 3.86. The molecule has 4 nitrogen and oxygen atoms in total. The van der Waals surface area contributed by atoms with Gasteiger partial charge in [-0.1, -0.05) is 0 Å². The van der Waals surface area contributed by atoms with E-state index in [0.29, 0.717) is 11.3 Å². The van der Waals surface area contributed by atoms with Gasteiger partial charge in [-0.15, -0.1) is 0 Å². The van der Waals surface area contributed by atoms with Crippen LogP contribution in [0.15, 0.2) is 18.2 Å². The molecule has 96 valence electrons. The predicted octanol–water partition coefficient (Wildman–Crippen LogP) is 1.92. The summed E-state index contributed by atoms with van der Waals surface area (Å²) in [6.07, 6.45) is 0.747. The molecule has 1 aliphatic heterocycles. The Hall–Kier alpha value is -1.73. The van der Waals surface area contributed by atoms with Gasteiger partial charge in [-0.05, 0) is 32.4 Å². The van der Waals surface area contributed by atoms with E-state index >= 15 is 0 Å². The molecule has 0 spiro atoms. The highest BCUT2D eigenvalue weighted by Gasteiger charge is 2.39. The van der Waals surface area contributed by atoms with Crippen LogP contribution in [0.4, 0.5) is 5.69 Å². The summed E-state index contributed by atoms with van der Waals surface area (Å²) in [5, 5.41) is 19.2. The Morgan fingerprint density at radius 1 is 1.56 bits per heavy atom. The Morgan fingerprint density at radius 3 is 2.78 bits per heavy atom. The lowest BCUT2D eigenvalue weighted by molar-refractivity contribution is 0.0566. The topological polar surface area (TPSA) is 56.5 Å². The van der Waals surface area contributed by atoms with Crippen LogP contribution < -0.4 is 9.64 Å². The molecule has 1 aromatic carbocycles. The van der Waals surface area contributed by atoms with E-state index in [1.807, 2.05) is 26.0 Å². The number of benzene rings is 1. The van der Waals surface area contributed by atoms with Crippen LogP contribution in [-0.4, -0.2) is 30.4 Å². The number of rotatable bonds is 2. The number of anilines is 1. The van der Waals surface area contributed by atoms with Crippen molar-refractivity contribution in [3.8, 4) is 11.8 Å². The van der Waals surface area contributed by atoms with E-state index in [0.717, 1.165) is 18.7 Å². The highest BCUT2D eigenvalue weighted by atomic mass is 16.5. The molecular weight excluding hydrogens is 228 g/mol. The van der Waals surface area contributed by atoms with Crippen molar-refractivity contribution in [3.05, 3.63) is 23.8 Å². The number of ether oxygens (including phenoxy) is 1. The number of nitrogens with zero attached hydrogens (tertiary/aromatic N) is 2. The number of nitriles is 1. The van der Waals surface area contributed by atoms with Crippen LogP contribution in [0.3, 0.4) is 0 Å². The average molecular weight is 246 g/mol. The number of hydrogen-bond acceptors (Lipinski definition) is 4. The van der Waals surface area contributed by atoms with Gasteiger partial charge < -0.3 is 14.7 Å². The first-order valence-electron chi connectivity index (χ1n) is 6.07. The molecule has 0 aliphatic carbocycles. The maximum Gasteiger partial charge on any atom is 0.138 e. The molecule has 4 heteroatoms. The summed E-state index contributed by atoms with van der Waals surface area (Å²) in [5.41, 5.74) is 0.845. The molecule has 2 rings (SSSR count). The minimum atomic E-state index is -0.666. The Balaban J connectivity index is 2.33. The SMILES string of the molecule is COc1cc(N2CC[C@](C)(O)[C@@H]2C)ccc1C#N. The summed E-state index contributed by atoms with van der Waals surface area (Å²) in [4.78, 5) is 2.14. The lowest BCUT2D eigenvalue weighted by Crippen LogP contribution is -2.40. The summed E-state index contributed by atoms with van der Waals surface area (Å²) >= 11 is 0. The molecule has 0 aromatic heterocycles. The first-order valence-corrected chi connectivity index (χ1v) is 6.07. The van der Waals surface area contributed by atoms with Crippen LogP contribution in [-0.2, 0) is 0 Å². The van der Waals surface area contributed by atoms with Crippen molar-refractivity contribution in [2.75, 3.05) is 18.6 Å². The first kappa shape index (κ1) is 12.7. The van der Waals surface area contributed by atoms with Crippen LogP contribution in [0.5, 0.6) is 5.75 Å². The monoisotopic (exact) mass is 246 g/mol. The highest BCUT2D eigenvalue weighted by Crippen LogP contribution is 2.34. The van der Waals surface area contributed by atoms with Crippen molar-refractivity contribution in [1.82, 2.24) is 0 Å². The van der Waals surface area contributed by atoms with Crippen LogP contribution in [0.25, 0.3) is 0 Å². The summed E-state index contributed by atoms with van der Waals surface area (Å²) in [6.45, 7) is 4.68. The van der Waals surface area contributed by atoms with Gasteiger partial charge in [0.1, 0.15) is 11.8 Å². The average Bonchev–Trinajstić information content (AvgIpc) is 2.64. The van der Waals surface area contributed by atoms with Crippen molar-refractivity contribution >= 4 is 5.69 Å². The predicted molar refractivity (Wildman–Crippen MR) is 69.8 cm³/mol. The van der Waals surface area contributed by atoms with E-state index < -0.39 is 5.60 Å². The Kier molecular flexibility index (Phi) is 3.18. The molecule has 0 radical (unpaired) electrons. The molecular formula is C14H18N2O2. The maximum atomic E-state index is 10.2. The second-order valence-electron chi connectivity index (χ2n) is 4.97. The highest BCUT2D eigenvalue weighted by molar-refractivity contribution is 5.58. The fourth-order valence-corrected chi connectivity index (χ4v) is 2.39. The molecule has 1 N–H and O–H groups in total. The third kappa shape index (κ3) is 2.02. The van der Waals surface area contributed by atoms with Gasteiger partial charge in [0, 0.05) is 18.3 Å². The third-order valence-corrected chi connectivity index (χ3v) is 3.86. The molecule has 1 aliphatic rings. The van der Waals surface area contributed by atoms with Crippen LogP contribution >= 0.6 is 0 Å². The van der Waals surface area contributed by atoms with Crippen molar-refractivity contribution in [2.45, 2.75) is 31.9 Å². The Bertz CT molecular complexity index is 491. The zero-order valence-corrected chi connectivity index (χ0v) is 11.0. The van der Waals surface area contributed by atoms with Gasteiger partial charge in [-0.25, -0.2) is 0 Å². The van der Waals surface area contributed by atoms with E-state index in [-0.39, 0.29) is 6.04 Å². The largest absolute Gasteiger partial charge is 0.495 e. The van der Waals surface area contributed by atoms with Crippen LogP contribution in [0, 0.1) is 11.3 Å². The molecule has 1 aromatic rings. The minimum absolute atomic E-state index is 0.0511. The van der Waals surface area contributed by atoms with Gasteiger partial charge in [0.25, 0.3) is 0 Å². The fourth-order valence-electron chi connectivity index (χ4n) is 2.39. The van der Waals surface area contributed by atoms with Gasteiger partial charge >= 0.3 is 0 Å². The Morgan fingerprint density at radius 2 is 2.28 bits per heavy atom. The van der Waals surface area contributed by atoms with E-state index in [2.05, 4.69) is 11.0 Å². The van der Waals surface area contributed by atoms with Gasteiger partial charge in [-0.2, -0.15) is 5.26 Å². The van der Waals surface area contributed by atoms with Crippen molar-refractivity contribution in [1.29, 1.82) is 5.26 Å². The molecule has 2 atom stereocenters. The molecule has 0 bridgehead atoms. The summed E-state index contributed by atoms with van der Waals surface area (Å²) in [6, 6.07) is 7.67. The summed E-state index contributed by atoms with van der Waals surface area (Å²) < 4.78 is 5.21. The lowest BCUT2D eigenvalue weighted by atomic mass is 9.99. The summed E-state index contributed by atoms with van der Waals surface area (Å²) in [5.74, 6) is 0.578. The zero-order chi connectivity index (χ0) is 13.3. The smallest absolute Gasteiger partial charge is 0.138 e. The van der Waals surface area contributed by atoms with Crippen molar-refractivity contribution in [2.24, 2.45) is 0 Å². The van der Waals surface area contributed by atoms with Crippen molar-refractivity contribution < 1.29 is 9.84 Å². The number of aliphatic hydroxyl groups is 1. The van der Waals surface area contributed by atoms with Crippen LogP contribution in [0.1, 0.15) is 25.8 Å². The molecule has 1 fully saturated rings. The molecule has 0 saturated carbocycles. The van der Waals surface area contributed by atoms with Gasteiger partial charge in [0.2, 0.25) is 0 Å². The van der Waals surface area contributed by atoms with Gasteiger partial charge in [0.15, 0.2) is 0 Å². The maximum absolute atomic E-state index is 10.2. The minimum Gasteiger partial charge on any atom is -0.495 e. The van der Waals surface area contributed by atoms with E-state index in [1.165, 1.54) is 0 Å². The molecule has 0 amide bonds. The second kappa shape index (κ2) is 4.51. The Labute approximate surface area is 107 Å². The standard InChI is InChI=1S/C14H18N2O2/c1-10-14(2,17)6-7-16(10)12-5-4-11(9-15)13(8-12)18-3/h4-5,8,10,17H,6-7H2,1-3H3/t10-,14-/m0/s1. The van der Waals surface area contributed by atoms with Gasteiger partial charge in [0.05, 0.1) is 24.3 Å². The molecule has 1 saturated heterocycles. The normalized spacial score (nSPS) is 27.1. The fraction of sp³-hybridized carbons (Fsp3) is 0.500. The van der Waals surface area contributed by atoms with E-state index in [9.17, 15) is 5.11 Å². The molecule has 18 heavy (non-hydrogen) atoms. The second-order valence-corrected chi connectivity index (χ2v) is 4.97. The number of hydrogen-bond donors (Lipinski definition) is 1. The van der Waals surface area contributed by atoms with Crippen LogP contribution in [0.2, 0.25) is 0 Å². The lowest BCUT2D eigenvalue weighted by Gasteiger charge is -2.30. The zero-order valence-electron chi connectivity index (χ0n) is 11.0. The van der Waals surface area contributed by atoms with Crippen molar-refractivity contribution in [3.63, 3.8) is 0 Å². The quantitative estimate of drug-likeness (QED) is 0.866. The molecule has 1 heterocycles. The van der Waals surface area contributed by atoms with E-state index in [1.54, 1.807) is 13.2 Å². The van der Waals surface area contributed by atoms with Gasteiger partial charge in [-0.3, -0.25) is 0 Å². The molecule has 0 unspecified atom stereocenters. The number of methoxy groups -OCH3 is 1. The van der Waals surface area contributed by atoms with E-state index in [4.69, 9.17) is 10.00 Å².